The lowest BCUT2D eigenvalue weighted by Crippen LogP contribution is -2.50. The number of ether oxygens (including phenoxy) is 1. The van der Waals surface area contributed by atoms with Gasteiger partial charge in [-0.15, -0.1) is 0 Å². The Kier molecular flexibility index (Phi) is 4.56. The van der Waals surface area contributed by atoms with Gasteiger partial charge in [-0.05, 0) is 64.7 Å². The normalized spacial score (nSPS) is 33.1. The number of piperidine rings is 1. The van der Waals surface area contributed by atoms with E-state index in [4.69, 9.17) is 4.74 Å². The van der Waals surface area contributed by atoms with E-state index in [1.165, 1.54) is 19.3 Å². The molecule has 130 valence electrons. The van der Waals surface area contributed by atoms with E-state index < -0.39 is 11.7 Å². The van der Waals surface area contributed by atoms with E-state index in [1.54, 1.807) is 0 Å². The quantitative estimate of drug-likeness (QED) is 0.869. The number of hydrogen-bond donors (Lipinski definition) is 1. The average Bonchev–Trinajstić information content (AvgIpc) is 2.95. The highest BCUT2D eigenvalue weighted by Crippen LogP contribution is 2.58. The van der Waals surface area contributed by atoms with Crippen molar-refractivity contribution in [1.29, 1.82) is 0 Å². The van der Waals surface area contributed by atoms with Crippen LogP contribution in [-0.4, -0.2) is 41.6 Å². The summed E-state index contributed by atoms with van der Waals surface area (Å²) in [5.74, 6) is 1.94. The fourth-order valence-electron chi connectivity index (χ4n) is 4.40. The molecule has 3 fully saturated rings. The van der Waals surface area contributed by atoms with Gasteiger partial charge in [0.05, 0.1) is 0 Å². The highest BCUT2D eigenvalue weighted by Gasteiger charge is 2.57. The summed E-state index contributed by atoms with van der Waals surface area (Å²) < 4.78 is 5.29. The van der Waals surface area contributed by atoms with Crippen LogP contribution in [0.25, 0.3) is 0 Å². The summed E-state index contributed by atoms with van der Waals surface area (Å²) in [6.45, 7) is 6.91. The zero-order chi connectivity index (χ0) is 16.6. The lowest BCUT2D eigenvalue weighted by Gasteiger charge is -2.36. The Labute approximate surface area is 139 Å². The number of rotatable bonds is 3. The Morgan fingerprint density at radius 2 is 1.78 bits per heavy atom. The van der Waals surface area contributed by atoms with Gasteiger partial charge in [0.1, 0.15) is 5.60 Å². The van der Waals surface area contributed by atoms with E-state index in [0.717, 1.165) is 25.8 Å². The zero-order valence-electron chi connectivity index (χ0n) is 14.6. The molecule has 1 saturated heterocycles. The Hall–Kier alpha value is -1.26. The summed E-state index contributed by atoms with van der Waals surface area (Å²) in [7, 11) is 0. The number of amides is 2. The van der Waals surface area contributed by atoms with Gasteiger partial charge < -0.3 is 15.0 Å². The third-order valence-electron chi connectivity index (χ3n) is 5.48. The third kappa shape index (κ3) is 3.81. The first kappa shape index (κ1) is 16.6. The predicted molar refractivity (Wildman–Crippen MR) is 87.9 cm³/mol. The molecular weight excluding hydrogens is 292 g/mol. The Balaban J connectivity index is 1.52. The summed E-state index contributed by atoms with van der Waals surface area (Å²) >= 11 is 0. The number of alkyl carbamates (subject to hydrolysis) is 1. The maximum atomic E-state index is 12.8. The largest absolute Gasteiger partial charge is 0.444 e. The van der Waals surface area contributed by atoms with E-state index in [1.807, 2.05) is 25.7 Å². The smallest absolute Gasteiger partial charge is 0.407 e. The van der Waals surface area contributed by atoms with Gasteiger partial charge in [-0.2, -0.15) is 0 Å². The molecule has 0 bridgehead atoms. The van der Waals surface area contributed by atoms with Crippen LogP contribution >= 0.6 is 0 Å². The number of carbonyl (C=O) groups excluding carboxylic acids is 2. The van der Waals surface area contributed by atoms with Crippen LogP contribution in [0.1, 0.15) is 59.3 Å². The van der Waals surface area contributed by atoms with E-state index in [-0.39, 0.29) is 12.0 Å². The highest BCUT2D eigenvalue weighted by atomic mass is 16.6. The summed E-state index contributed by atoms with van der Waals surface area (Å²) in [5, 5.41) is 2.85. The number of hydrogen-bond acceptors (Lipinski definition) is 3. The van der Waals surface area contributed by atoms with Crippen molar-refractivity contribution in [3.63, 3.8) is 0 Å². The van der Waals surface area contributed by atoms with Gasteiger partial charge in [0.15, 0.2) is 0 Å². The molecule has 0 aromatic rings. The van der Waals surface area contributed by atoms with Crippen LogP contribution in [0.3, 0.4) is 0 Å². The Bertz CT molecular complexity index is 461. The summed E-state index contributed by atoms with van der Waals surface area (Å²) in [6, 6.07) is 0.130. The van der Waals surface area contributed by atoms with E-state index in [0.29, 0.717) is 24.3 Å². The van der Waals surface area contributed by atoms with Crippen LogP contribution < -0.4 is 5.32 Å². The standard InChI is InChI=1S/C18H30N2O3/c1-18(2,3)23-17(22)19-11-12-7-4-5-10-20(12)16(21)15-13-8-6-9-14(13)15/h12-15H,4-11H2,1-3H3,(H,19,22)/t12-,13-,14+,15?/m1/s1. The fraction of sp³-hybridized carbons (Fsp3) is 0.889. The molecule has 5 nitrogen and oxygen atoms in total. The summed E-state index contributed by atoms with van der Waals surface area (Å²) in [4.78, 5) is 26.7. The minimum absolute atomic E-state index is 0.130. The molecule has 3 rings (SSSR count). The minimum Gasteiger partial charge on any atom is -0.444 e. The Morgan fingerprint density at radius 1 is 1.09 bits per heavy atom. The lowest BCUT2D eigenvalue weighted by molar-refractivity contribution is -0.137. The van der Waals surface area contributed by atoms with Crippen LogP contribution in [0, 0.1) is 17.8 Å². The second-order valence-electron chi connectivity index (χ2n) is 8.35. The molecule has 0 radical (unpaired) electrons. The molecule has 1 unspecified atom stereocenters. The van der Waals surface area contributed by atoms with Crippen molar-refractivity contribution in [2.45, 2.75) is 70.9 Å². The molecule has 3 aliphatic rings. The van der Waals surface area contributed by atoms with Gasteiger partial charge in [-0.3, -0.25) is 4.79 Å². The molecule has 0 aromatic carbocycles. The number of nitrogens with one attached hydrogen (secondary N) is 1. The maximum Gasteiger partial charge on any atom is 0.407 e. The molecule has 0 aromatic heterocycles. The van der Waals surface area contributed by atoms with Crippen LogP contribution in [0.4, 0.5) is 4.79 Å². The lowest BCUT2D eigenvalue weighted by atomic mass is 10.00. The number of fused-ring (bicyclic) bond motifs is 1. The topological polar surface area (TPSA) is 58.6 Å². The zero-order valence-corrected chi connectivity index (χ0v) is 14.6. The van der Waals surface area contributed by atoms with Crippen LogP contribution in [0.2, 0.25) is 0 Å². The highest BCUT2D eigenvalue weighted by molar-refractivity contribution is 5.83. The number of nitrogens with zero attached hydrogens (tertiary/aromatic N) is 1. The van der Waals surface area contributed by atoms with Gasteiger partial charge in [-0.25, -0.2) is 4.79 Å². The molecule has 2 saturated carbocycles. The van der Waals surface area contributed by atoms with Crippen molar-refractivity contribution in [2.75, 3.05) is 13.1 Å². The van der Waals surface area contributed by atoms with Gasteiger partial charge in [-0.1, -0.05) is 6.42 Å². The summed E-state index contributed by atoms with van der Waals surface area (Å²) in [5.41, 5.74) is -0.488. The summed E-state index contributed by atoms with van der Waals surface area (Å²) in [6.07, 6.45) is 6.55. The third-order valence-corrected chi connectivity index (χ3v) is 5.48. The van der Waals surface area contributed by atoms with Crippen molar-refractivity contribution in [1.82, 2.24) is 10.2 Å². The van der Waals surface area contributed by atoms with Gasteiger partial charge in [0.2, 0.25) is 5.91 Å². The fourth-order valence-corrected chi connectivity index (χ4v) is 4.40. The van der Waals surface area contributed by atoms with E-state index in [2.05, 4.69) is 5.32 Å². The molecule has 1 heterocycles. The van der Waals surface area contributed by atoms with Crippen molar-refractivity contribution in [3.05, 3.63) is 0 Å². The molecule has 2 amide bonds. The molecular formula is C18H30N2O3. The molecule has 1 aliphatic heterocycles. The van der Waals surface area contributed by atoms with E-state index in [9.17, 15) is 9.59 Å². The monoisotopic (exact) mass is 322 g/mol. The van der Waals surface area contributed by atoms with Crippen LogP contribution in [0.5, 0.6) is 0 Å². The second-order valence-corrected chi connectivity index (χ2v) is 8.35. The predicted octanol–water partition coefficient (Wildman–Crippen LogP) is 2.94. The van der Waals surface area contributed by atoms with Crippen molar-refractivity contribution < 1.29 is 14.3 Å². The van der Waals surface area contributed by atoms with Crippen LogP contribution in [-0.2, 0) is 9.53 Å². The van der Waals surface area contributed by atoms with Crippen molar-refractivity contribution in [3.8, 4) is 0 Å². The molecule has 2 aliphatic carbocycles. The number of carbonyl (C=O) groups is 2. The average molecular weight is 322 g/mol. The first-order valence-corrected chi connectivity index (χ1v) is 9.14. The first-order valence-electron chi connectivity index (χ1n) is 9.14. The molecule has 1 N–H and O–H groups in total. The minimum atomic E-state index is -0.488. The first-order chi connectivity index (χ1) is 10.9. The molecule has 23 heavy (non-hydrogen) atoms. The van der Waals surface area contributed by atoms with Gasteiger partial charge >= 0.3 is 6.09 Å². The molecule has 4 atom stereocenters. The molecule has 0 spiro atoms. The van der Waals surface area contributed by atoms with E-state index >= 15 is 0 Å². The van der Waals surface area contributed by atoms with Crippen molar-refractivity contribution in [2.24, 2.45) is 17.8 Å². The Morgan fingerprint density at radius 3 is 2.43 bits per heavy atom. The van der Waals surface area contributed by atoms with Crippen molar-refractivity contribution >= 4 is 12.0 Å². The SMILES string of the molecule is CC(C)(C)OC(=O)NC[C@H]1CCCCN1C(=O)C1[C@H]2CCC[C@@H]12. The second kappa shape index (κ2) is 6.33. The van der Waals surface area contributed by atoms with Gasteiger partial charge in [0, 0.05) is 25.0 Å². The number of likely N-dealkylation sites (tertiary alicyclic amines) is 1. The maximum absolute atomic E-state index is 12.8. The van der Waals surface area contributed by atoms with Crippen LogP contribution in [0.15, 0.2) is 0 Å². The van der Waals surface area contributed by atoms with Gasteiger partial charge in [0.25, 0.3) is 0 Å². The molecule has 5 heteroatoms.